The molecule has 18 heavy (non-hydrogen) atoms. The van der Waals surface area contributed by atoms with E-state index in [1.165, 1.54) is 0 Å². The van der Waals surface area contributed by atoms with Crippen LogP contribution < -0.4 is 11.1 Å². The van der Waals surface area contributed by atoms with Crippen molar-refractivity contribution in [3.05, 3.63) is 29.3 Å². The molecule has 0 aliphatic rings. The van der Waals surface area contributed by atoms with Gasteiger partial charge in [0.2, 0.25) is 5.91 Å². The Morgan fingerprint density at radius 1 is 1.50 bits per heavy atom. The summed E-state index contributed by atoms with van der Waals surface area (Å²) in [5.74, 6) is 1.67. The molecule has 1 atom stereocenters. The van der Waals surface area contributed by atoms with Crippen LogP contribution >= 0.6 is 23.4 Å². The summed E-state index contributed by atoms with van der Waals surface area (Å²) in [7, 11) is 0. The van der Waals surface area contributed by atoms with Crippen molar-refractivity contribution in [3.8, 4) is 0 Å². The van der Waals surface area contributed by atoms with Crippen molar-refractivity contribution in [3.63, 3.8) is 0 Å². The highest BCUT2D eigenvalue weighted by atomic mass is 35.5. The number of amides is 1. The number of halogens is 1. The topological polar surface area (TPSA) is 55.1 Å². The predicted octanol–water partition coefficient (Wildman–Crippen LogP) is 3.14. The van der Waals surface area contributed by atoms with E-state index in [4.69, 9.17) is 17.3 Å². The monoisotopic (exact) mass is 286 g/mol. The van der Waals surface area contributed by atoms with E-state index in [2.05, 4.69) is 12.2 Å². The van der Waals surface area contributed by atoms with Crippen molar-refractivity contribution < 1.29 is 4.79 Å². The molecule has 0 heterocycles. The molecule has 0 aliphatic heterocycles. The molecule has 100 valence electrons. The van der Waals surface area contributed by atoms with Crippen LogP contribution in [0.25, 0.3) is 0 Å². The maximum absolute atomic E-state index is 11.7. The van der Waals surface area contributed by atoms with Gasteiger partial charge in [-0.05, 0) is 18.6 Å². The van der Waals surface area contributed by atoms with E-state index in [-0.39, 0.29) is 11.9 Å². The Bertz CT molecular complexity index is 387. The van der Waals surface area contributed by atoms with Crippen LogP contribution in [0, 0.1) is 0 Å². The summed E-state index contributed by atoms with van der Waals surface area (Å²) in [4.78, 5) is 11.7. The van der Waals surface area contributed by atoms with Gasteiger partial charge in [0.25, 0.3) is 0 Å². The van der Waals surface area contributed by atoms with Gasteiger partial charge in [0.05, 0.1) is 10.7 Å². The molecule has 0 radical (unpaired) electrons. The van der Waals surface area contributed by atoms with E-state index in [0.717, 1.165) is 17.9 Å². The van der Waals surface area contributed by atoms with Gasteiger partial charge < -0.3 is 11.1 Å². The maximum atomic E-state index is 11.7. The first-order valence-electron chi connectivity index (χ1n) is 6.01. The van der Waals surface area contributed by atoms with Crippen LogP contribution in [-0.2, 0) is 4.79 Å². The van der Waals surface area contributed by atoms with Gasteiger partial charge in [0, 0.05) is 24.0 Å². The molecule has 1 aromatic carbocycles. The molecule has 5 heteroatoms. The Labute approximate surface area is 117 Å². The lowest BCUT2D eigenvalue weighted by atomic mass is 10.3. The minimum absolute atomic E-state index is 0.0133. The second kappa shape index (κ2) is 8.40. The summed E-state index contributed by atoms with van der Waals surface area (Å²) in [6.07, 6.45) is 1.45. The molecule has 0 bridgehead atoms. The summed E-state index contributed by atoms with van der Waals surface area (Å²) in [5, 5.41) is 3.36. The summed E-state index contributed by atoms with van der Waals surface area (Å²) >= 11 is 7.66. The fraction of sp³-hybridized carbons (Fsp3) is 0.462. The third kappa shape index (κ3) is 5.76. The quantitative estimate of drug-likeness (QED) is 0.757. The number of hydrogen-bond acceptors (Lipinski definition) is 3. The Balaban J connectivity index is 2.24. The van der Waals surface area contributed by atoms with Crippen molar-refractivity contribution in [2.45, 2.75) is 25.8 Å². The normalized spacial score (nSPS) is 12.2. The average Bonchev–Trinajstić information content (AvgIpc) is 2.37. The van der Waals surface area contributed by atoms with Crippen LogP contribution in [0.5, 0.6) is 0 Å². The van der Waals surface area contributed by atoms with Crippen molar-refractivity contribution in [1.29, 1.82) is 0 Å². The molecule has 3 nitrogen and oxygen atoms in total. The lowest BCUT2D eigenvalue weighted by Crippen LogP contribution is -2.22. The Morgan fingerprint density at radius 3 is 2.89 bits per heavy atom. The maximum Gasteiger partial charge on any atom is 0.225 e. The van der Waals surface area contributed by atoms with E-state index < -0.39 is 0 Å². The molecule has 0 spiro atoms. The van der Waals surface area contributed by atoms with E-state index >= 15 is 0 Å². The van der Waals surface area contributed by atoms with Crippen molar-refractivity contribution in [2.75, 3.05) is 16.8 Å². The van der Waals surface area contributed by atoms with Crippen LogP contribution in [-0.4, -0.2) is 23.5 Å². The summed E-state index contributed by atoms with van der Waals surface area (Å²) < 4.78 is 0. The van der Waals surface area contributed by atoms with Gasteiger partial charge in [-0.15, -0.1) is 0 Å². The second-order valence-corrected chi connectivity index (χ2v) is 5.58. The molecule has 3 N–H and O–H groups in total. The van der Waals surface area contributed by atoms with Crippen LogP contribution in [0.3, 0.4) is 0 Å². The number of benzene rings is 1. The van der Waals surface area contributed by atoms with Crippen LogP contribution in [0.2, 0.25) is 5.02 Å². The zero-order valence-corrected chi connectivity index (χ0v) is 12.1. The van der Waals surface area contributed by atoms with Gasteiger partial charge in [-0.1, -0.05) is 30.7 Å². The molecule has 0 saturated carbocycles. The lowest BCUT2D eigenvalue weighted by Gasteiger charge is -2.09. The molecule has 1 amide bonds. The lowest BCUT2D eigenvalue weighted by molar-refractivity contribution is -0.115. The highest BCUT2D eigenvalue weighted by molar-refractivity contribution is 7.99. The summed E-state index contributed by atoms with van der Waals surface area (Å²) in [6, 6.07) is 7.45. The van der Waals surface area contributed by atoms with Gasteiger partial charge in [-0.25, -0.2) is 0 Å². The number of anilines is 1. The fourth-order valence-corrected chi connectivity index (χ4v) is 2.51. The molecule has 0 aliphatic carbocycles. The Kier molecular flexibility index (Phi) is 7.16. The highest BCUT2D eigenvalue weighted by Crippen LogP contribution is 2.20. The zero-order chi connectivity index (χ0) is 13.4. The Morgan fingerprint density at radius 2 is 2.22 bits per heavy atom. The number of thioether (sulfide) groups is 1. The van der Waals surface area contributed by atoms with E-state index in [0.29, 0.717) is 17.1 Å². The number of rotatable bonds is 7. The number of hydrogen-bond donors (Lipinski definition) is 2. The Hall–Kier alpha value is -0.710. The molecule has 0 aromatic heterocycles. The number of para-hydroxylation sites is 1. The number of nitrogens with two attached hydrogens (primary N) is 1. The number of carbonyl (C=O) groups is 1. The average molecular weight is 287 g/mol. The molecule has 1 rings (SSSR count). The largest absolute Gasteiger partial charge is 0.327 e. The third-order valence-electron chi connectivity index (χ3n) is 2.48. The third-order valence-corrected chi connectivity index (χ3v) is 3.96. The van der Waals surface area contributed by atoms with E-state index in [9.17, 15) is 4.79 Å². The van der Waals surface area contributed by atoms with Crippen molar-refractivity contribution in [2.24, 2.45) is 5.73 Å². The van der Waals surface area contributed by atoms with Crippen LogP contribution in [0.4, 0.5) is 5.69 Å². The number of nitrogens with one attached hydrogen (secondary N) is 1. The SMILES string of the molecule is CCC(N)CSCCC(=O)Nc1ccccc1Cl. The first-order chi connectivity index (χ1) is 8.63. The minimum Gasteiger partial charge on any atom is -0.327 e. The van der Waals surface area contributed by atoms with Gasteiger partial charge in [-0.3, -0.25) is 4.79 Å². The van der Waals surface area contributed by atoms with Crippen LogP contribution in [0.1, 0.15) is 19.8 Å². The van der Waals surface area contributed by atoms with Gasteiger partial charge in [0.15, 0.2) is 0 Å². The molecule has 0 saturated heterocycles. The zero-order valence-electron chi connectivity index (χ0n) is 10.5. The summed E-state index contributed by atoms with van der Waals surface area (Å²) in [6.45, 7) is 2.06. The molecule has 1 aromatic rings. The first kappa shape index (κ1) is 15.3. The van der Waals surface area contributed by atoms with Crippen molar-refractivity contribution in [1.82, 2.24) is 0 Å². The standard InChI is InChI=1S/C13H19ClN2OS/c1-2-10(15)9-18-8-7-13(17)16-12-6-4-3-5-11(12)14/h3-6,10H,2,7-9,15H2,1H3,(H,16,17). The molecule has 0 fully saturated rings. The first-order valence-corrected chi connectivity index (χ1v) is 7.54. The smallest absolute Gasteiger partial charge is 0.225 e. The minimum atomic E-state index is -0.0133. The van der Waals surface area contributed by atoms with E-state index in [1.807, 2.05) is 12.1 Å². The second-order valence-electron chi connectivity index (χ2n) is 4.02. The van der Waals surface area contributed by atoms with Crippen LogP contribution in [0.15, 0.2) is 24.3 Å². The van der Waals surface area contributed by atoms with Gasteiger partial charge in [-0.2, -0.15) is 11.8 Å². The fourth-order valence-electron chi connectivity index (χ4n) is 1.29. The van der Waals surface area contributed by atoms with Gasteiger partial charge in [0.1, 0.15) is 0 Å². The number of carbonyl (C=O) groups excluding carboxylic acids is 1. The highest BCUT2D eigenvalue weighted by Gasteiger charge is 2.06. The van der Waals surface area contributed by atoms with E-state index in [1.54, 1.807) is 23.9 Å². The predicted molar refractivity (Wildman–Crippen MR) is 80.3 cm³/mol. The van der Waals surface area contributed by atoms with Gasteiger partial charge >= 0.3 is 0 Å². The summed E-state index contributed by atoms with van der Waals surface area (Å²) in [5.41, 5.74) is 6.46. The molecular formula is C13H19ClN2OS. The molecule has 1 unspecified atom stereocenters. The van der Waals surface area contributed by atoms with Crippen molar-refractivity contribution >= 4 is 35.0 Å². The molecular weight excluding hydrogens is 268 g/mol.